The molecule has 0 radical (unpaired) electrons. The van der Waals surface area contributed by atoms with Crippen molar-refractivity contribution in [1.29, 1.82) is 0 Å². The van der Waals surface area contributed by atoms with Crippen LogP contribution < -0.4 is 5.32 Å². The van der Waals surface area contributed by atoms with E-state index in [1.165, 1.54) is 19.4 Å². The van der Waals surface area contributed by atoms with Crippen LogP contribution in [0.15, 0.2) is 0 Å². The first-order chi connectivity index (χ1) is 9.24. The molecule has 0 bridgehead atoms. The molecule has 124 valence electrons. The molecule has 2 saturated heterocycles. The SMILES string of the molecule is C[C@H]1OCCN[C@@H]1C(=O)N1CCN(CC2CC2)CC1.Cl.Cl. The number of amides is 1. The van der Waals surface area contributed by atoms with Crippen molar-refractivity contribution in [3.63, 3.8) is 0 Å². The summed E-state index contributed by atoms with van der Waals surface area (Å²) in [6.07, 6.45) is 2.80. The number of rotatable bonds is 3. The molecule has 0 aromatic carbocycles. The van der Waals surface area contributed by atoms with Crippen molar-refractivity contribution < 1.29 is 9.53 Å². The Kier molecular flexibility index (Phi) is 7.71. The predicted octanol–water partition coefficient (Wildman–Crippen LogP) is 0.761. The van der Waals surface area contributed by atoms with E-state index in [4.69, 9.17) is 4.74 Å². The molecule has 0 spiro atoms. The van der Waals surface area contributed by atoms with Crippen LogP contribution in [-0.4, -0.2) is 73.7 Å². The van der Waals surface area contributed by atoms with Crippen molar-refractivity contribution >= 4 is 30.7 Å². The Morgan fingerprint density at radius 3 is 2.43 bits per heavy atom. The molecule has 0 aromatic rings. The van der Waals surface area contributed by atoms with Crippen LogP contribution in [0.4, 0.5) is 0 Å². The number of carbonyl (C=O) groups is 1. The van der Waals surface area contributed by atoms with Crippen LogP contribution in [0.5, 0.6) is 0 Å². The van der Waals surface area contributed by atoms with E-state index in [9.17, 15) is 4.79 Å². The fraction of sp³-hybridized carbons (Fsp3) is 0.929. The highest BCUT2D eigenvalue weighted by atomic mass is 35.5. The first-order valence-electron chi connectivity index (χ1n) is 7.60. The second kappa shape index (κ2) is 8.53. The fourth-order valence-electron chi connectivity index (χ4n) is 3.02. The van der Waals surface area contributed by atoms with Gasteiger partial charge >= 0.3 is 0 Å². The van der Waals surface area contributed by atoms with Crippen LogP contribution >= 0.6 is 24.8 Å². The maximum Gasteiger partial charge on any atom is 0.242 e. The molecule has 2 heterocycles. The first kappa shape index (κ1) is 19.0. The van der Waals surface area contributed by atoms with Gasteiger partial charge in [0, 0.05) is 39.3 Å². The highest BCUT2D eigenvalue weighted by molar-refractivity contribution is 5.85. The highest BCUT2D eigenvalue weighted by Gasteiger charge is 2.34. The van der Waals surface area contributed by atoms with Gasteiger partial charge in [-0.2, -0.15) is 0 Å². The molecule has 1 amide bonds. The van der Waals surface area contributed by atoms with Crippen molar-refractivity contribution in [3.8, 4) is 0 Å². The summed E-state index contributed by atoms with van der Waals surface area (Å²) in [7, 11) is 0. The lowest BCUT2D eigenvalue weighted by atomic mass is 10.1. The topological polar surface area (TPSA) is 44.8 Å². The zero-order valence-electron chi connectivity index (χ0n) is 12.6. The average molecular weight is 340 g/mol. The van der Waals surface area contributed by atoms with E-state index in [0.29, 0.717) is 6.61 Å². The molecule has 3 fully saturated rings. The molecule has 7 heteroatoms. The van der Waals surface area contributed by atoms with E-state index in [2.05, 4.69) is 10.2 Å². The van der Waals surface area contributed by atoms with Gasteiger partial charge in [-0.3, -0.25) is 9.69 Å². The van der Waals surface area contributed by atoms with Crippen molar-refractivity contribution in [2.24, 2.45) is 5.92 Å². The second-order valence-electron chi connectivity index (χ2n) is 6.08. The second-order valence-corrected chi connectivity index (χ2v) is 6.08. The van der Waals surface area contributed by atoms with Crippen LogP contribution in [0.3, 0.4) is 0 Å². The van der Waals surface area contributed by atoms with E-state index in [-0.39, 0.29) is 42.9 Å². The van der Waals surface area contributed by atoms with Gasteiger partial charge in [0.05, 0.1) is 12.7 Å². The van der Waals surface area contributed by atoms with Gasteiger partial charge in [-0.05, 0) is 25.7 Å². The summed E-state index contributed by atoms with van der Waals surface area (Å²) >= 11 is 0. The third kappa shape index (κ3) is 4.96. The maximum atomic E-state index is 12.5. The van der Waals surface area contributed by atoms with Crippen molar-refractivity contribution in [1.82, 2.24) is 15.1 Å². The monoisotopic (exact) mass is 339 g/mol. The van der Waals surface area contributed by atoms with Crippen LogP contribution in [0.25, 0.3) is 0 Å². The number of halogens is 2. The van der Waals surface area contributed by atoms with Crippen LogP contribution in [0, 0.1) is 5.92 Å². The molecule has 1 saturated carbocycles. The number of piperazine rings is 1. The van der Waals surface area contributed by atoms with Gasteiger partial charge in [0.1, 0.15) is 6.04 Å². The van der Waals surface area contributed by atoms with Crippen molar-refractivity contribution in [3.05, 3.63) is 0 Å². The predicted molar refractivity (Wildman–Crippen MR) is 87.4 cm³/mol. The van der Waals surface area contributed by atoms with E-state index in [1.807, 2.05) is 11.8 Å². The van der Waals surface area contributed by atoms with Crippen LogP contribution in [0.1, 0.15) is 19.8 Å². The molecule has 1 N–H and O–H groups in total. The van der Waals surface area contributed by atoms with E-state index >= 15 is 0 Å². The Hall–Kier alpha value is -0.0700. The number of carbonyl (C=O) groups excluding carboxylic acids is 1. The summed E-state index contributed by atoms with van der Waals surface area (Å²) < 4.78 is 5.56. The number of nitrogens with zero attached hydrogens (tertiary/aromatic N) is 2. The number of hydrogen-bond acceptors (Lipinski definition) is 4. The zero-order chi connectivity index (χ0) is 13.2. The van der Waals surface area contributed by atoms with E-state index in [1.54, 1.807) is 0 Å². The molecular weight excluding hydrogens is 313 g/mol. The molecule has 2 atom stereocenters. The lowest BCUT2D eigenvalue weighted by Gasteiger charge is -2.38. The zero-order valence-corrected chi connectivity index (χ0v) is 14.3. The average Bonchev–Trinajstić information content (AvgIpc) is 3.23. The molecule has 5 nitrogen and oxygen atoms in total. The first-order valence-corrected chi connectivity index (χ1v) is 7.60. The Morgan fingerprint density at radius 1 is 1.19 bits per heavy atom. The minimum absolute atomic E-state index is 0. The van der Waals surface area contributed by atoms with Gasteiger partial charge in [0.25, 0.3) is 0 Å². The standard InChI is InChI=1S/C14H25N3O2.2ClH/c1-11-13(15-4-9-19-11)14(18)17-7-5-16(6-8-17)10-12-2-3-12;;/h11-13,15H,2-10H2,1H3;2*1H/t11-,13+;;/m1../s1. The fourth-order valence-corrected chi connectivity index (χ4v) is 3.02. The Morgan fingerprint density at radius 2 is 1.86 bits per heavy atom. The van der Waals surface area contributed by atoms with E-state index in [0.717, 1.165) is 38.6 Å². The smallest absolute Gasteiger partial charge is 0.242 e. The molecule has 1 aliphatic carbocycles. The number of ether oxygens (including phenoxy) is 1. The summed E-state index contributed by atoms with van der Waals surface area (Å²) in [5.74, 6) is 1.16. The molecule has 2 aliphatic heterocycles. The van der Waals surface area contributed by atoms with Crippen molar-refractivity contribution in [2.45, 2.75) is 31.9 Å². The normalized spacial score (nSPS) is 30.2. The highest BCUT2D eigenvalue weighted by Crippen LogP contribution is 2.29. The molecule has 3 aliphatic rings. The largest absolute Gasteiger partial charge is 0.375 e. The molecule has 3 rings (SSSR count). The van der Waals surface area contributed by atoms with Gasteiger partial charge in [0.15, 0.2) is 0 Å². The van der Waals surface area contributed by atoms with Crippen LogP contribution in [-0.2, 0) is 9.53 Å². The summed E-state index contributed by atoms with van der Waals surface area (Å²) in [5.41, 5.74) is 0. The van der Waals surface area contributed by atoms with Gasteiger partial charge < -0.3 is 15.0 Å². The van der Waals surface area contributed by atoms with Crippen molar-refractivity contribution in [2.75, 3.05) is 45.9 Å². The van der Waals surface area contributed by atoms with E-state index < -0.39 is 0 Å². The third-order valence-electron chi connectivity index (χ3n) is 4.48. The van der Waals surface area contributed by atoms with Crippen LogP contribution in [0.2, 0.25) is 0 Å². The lowest BCUT2D eigenvalue weighted by Crippen LogP contribution is -2.59. The summed E-state index contributed by atoms with van der Waals surface area (Å²) in [6.45, 7) is 8.52. The number of hydrogen-bond donors (Lipinski definition) is 1. The Labute approximate surface area is 139 Å². The summed E-state index contributed by atoms with van der Waals surface area (Å²) in [6, 6.07) is -0.149. The van der Waals surface area contributed by atoms with Gasteiger partial charge in [-0.1, -0.05) is 0 Å². The Balaban J connectivity index is 0.00000110. The minimum Gasteiger partial charge on any atom is -0.375 e. The lowest BCUT2D eigenvalue weighted by molar-refractivity contribution is -0.141. The summed E-state index contributed by atoms with van der Waals surface area (Å²) in [4.78, 5) is 17.0. The molecule has 0 unspecified atom stereocenters. The number of morpholine rings is 1. The summed E-state index contributed by atoms with van der Waals surface area (Å²) in [5, 5.41) is 3.29. The third-order valence-corrected chi connectivity index (χ3v) is 4.48. The maximum absolute atomic E-state index is 12.5. The minimum atomic E-state index is -0.149. The quantitative estimate of drug-likeness (QED) is 0.824. The molecular formula is C14H27Cl2N3O2. The van der Waals surface area contributed by atoms with Gasteiger partial charge in [-0.25, -0.2) is 0 Å². The number of nitrogens with one attached hydrogen (secondary N) is 1. The molecule has 0 aromatic heterocycles. The van der Waals surface area contributed by atoms with Gasteiger partial charge in [0.2, 0.25) is 5.91 Å². The Bertz CT molecular complexity index is 334. The van der Waals surface area contributed by atoms with Gasteiger partial charge in [-0.15, -0.1) is 24.8 Å². The molecule has 21 heavy (non-hydrogen) atoms.